The summed E-state index contributed by atoms with van der Waals surface area (Å²) < 4.78 is 8.16. The lowest BCUT2D eigenvalue weighted by Gasteiger charge is -2.31. The monoisotopic (exact) mass is 399 g/mol. The van der Waals surface area contributed by atoms with E-state index in [9.17, 15) is 0 Å². The molecule has 0 saturated carbocycles. The Balaban J connectivity index is 1.73. The summed E-state index contributed by atoms with van der Waals surface area (Å²) in [7, 11) is 1.67. The predicted molar refractivity (Wildman–Crippen MR) is 101 cm³/mol. The number of benzene rings is 2. The molecule has 4 rings (SSSR count). The van der Waals surface area contributed by atoms with Gasteiger partial charge in [-0.3, -0.25) is 0 Å². The van der Waals surface area contributed by atoms with Gasteiger partial charge >= 0.3 is 0 Å². The second-order valence-electron chi connectivity index (χ2n) is 6.01. The topological polar surface area (TPSA) is 78.0 Å². The second kappa shape index (κ2) is 6.40. The molecule has 3 N–H and O–H groups in total. The summed E-state index contributed by atoms with van der Waals surface area (Å²) >= 11 is 3.55. The van der Waals surface area contributed by atoms with Crippen LogP contribution in [0.3, 0.4) is 0 Å². The summed E-state index contributed by atoms with van der Waals surface area (Å²) in [4.78, 5) is 4.34. The molecule has 1 aromatic heterocycles. The van der Waals surface area contributed by atoms with E-state index < -0.39 is 0 Å². The minimum atomic E-state index is 0.0608. The van der Waals surface area contributed by atoms with Gasteiger partial charge in [0.1, 0.15) is 5.75 Å². The molecule has 3 aromatic rings. The fourth-order valence-electron chi connectivity index (χ4n) is 3.24. The van der Waals surface area contributed by atoms with E-state index in [0.717, 1.165) is 16.6 Å². The number of anilines is 2. The molecule has 1 aliphatic heterocycles. The van der Waals surface area contributed by atoms with E-state index in [-0.39, 0.29) is 18.0 Å². The number of rotatable bonds is 3. The summed E-state index contributed by atoms with van der Waals surface area (Å²) in [6.07, 6.45) is 0.846. The van der Waals surface area contributed by atoms with Crippen molar-refractivity contribution in [2.45, 2.75) is 18.5 Å². The maximum absolute atomic E-state index is 5.84. The number of ether oxygens (including phenoxy) is 1. The molecule has 7 heteroatoms. The minimum absolute atomic E-state index is 0.0608. The van der Waals surface area contributed by atoms with Gasteiger partial charge in [-0.05, 0) is 41.8 Å². The molecular weight excluding hydrogens is 382 g/mol. The third kappa shape index (κ3) is 3.07. The van der Waals surface area contributed by atoms with Gasteiger partial charge in [-0.1, -0.05) is 40.2 Å². The van der Waals surface area contributed by atoms with Crippen molar-refractivity contribution in [1.82, 2.24) is 14.8 Å². The molecular formula is C18H18BrN5O. The molecule has 25 heavy (non-hydrogen) atoms. The van der Waals surface area contributed by atoms with E-state index in [1.807, 2.05) is 28.9 Å². The Labute approximate surface area is 154 Å². The largest absolute Gasteiger partial charge is 0.497 e. The van der Waals surface area contributed by atoms with Crippen LogP contribution in [-0.4, -0.2) is 21.9 Å². The Morgan fingerprint density at radius 2 is 2.00 bits per heavy atom. The van der Waals surface area contributed by atoms with Crippen molar-refractivity contribution in [3.63, 3.8) is 0 Å². The number of halogens is 1. The lowest BCUT2D eigenvalue weighted by molar-refractivity contribution is 0.413. The van der Waals surface area contributed by atoms with Gasteiger partial charge in [0.15, 0.2) is 0 Å². The van der Waals surface area contributed by atoms with Crippen LogP contribution in [0.25, 0.3) is 0 Å². The first kappa shape index (κ1) is 16.0. The number of nitrogens with zero attached hydrogens (tertiary/aromatic N) is 3. The van der Waals surface area contributed by atoms with Crippen LogP contribution in [-0.2, 0) is 0 Å². The fourth-order valence-corrected chi connectivity index (χ4v) is 3.66. The Hall–Kier alpha value is -2.54. The van der Waals surface area contributed by atoms with Gasteiger partial charge < -0.3 is 15.8 Å². The van der Waals surface area contributed by atoms with Crippen molar-refractivity contribution < 1.29 is 4.74 Å². The highest BCUT2D eigenvalue weighted by Crippen LogP contribution is 2.38. The Morgan fingerprint density at radius 1 is 1.20 bits per heavy atom. The summed E-state index contributed by atoms with van der Waals surface area (Å²) in [6.45, 7) is 0. The van der Waals surface area contributed by atoms with Crippen LogP contribution in [0.15, 0.2) is 53.0 Å². The summed E-state index contributed by atoms with van der Waals surface area (Å²) in [5, 5.41) is 7.82. The molecule has 0 amide bonds. The van der Waals surface area contributed by atoms with E-state index in [4.69, 9.17) is 10.5 Å². The van der Waals surface area contributed by atoms with E-state index in [1.54, 1.807) is 7.11 Å². The number of hydrogen-bond acceptors (Lipinski definition) is 5. The van der Waals surface area contributed by atoms with Crippen molar-refractivity contribution in [2.24, 2.45) is 0 Å². The lowest BCUT2D eigenvalue weighted by atomic mass is 9.93. The normalized spacial score (nSPS) is 19.1. The molecule has 6 nitrogen and oxygen atoms in total. The Kier molecular flexibility index (Phi) is 4.09. The van der Waals surface area contributed by atoms with Crippen LogP contribution in [0.1, 0.15) is 29.6 Å². The maximum Gasteiger partial charge on any atom is 0.241 e. The van der Waals surface area contributed by atoms with Crippen LogP contribution in [0, 0.1) is 0 Å². The predicted octanol–water partition coefficient (Wildman–Crippen LogP) is 3.78. The highest BCUT2D eigenvalue weighted by Gasteiger charge is 2.30. The average Bonchev–Trinajstić information content (AvgIpc) is 3.01. The zero-order valence-corrected chi connectivity index (χ0v) is 15.3. The molecule has 2 heterocycles. The van der Waals surface area contributed by atoms with Crippen molar-refractivity contribution in [3.05, 3.63) is 64.1 Å². The van der Waals surface area contributed by atoms with E-state index in [1.165, 1.54) is 11.1 Å². The van der Waals surface area contributed by atoms with E-state index in [0.29, 0.717) is 5.95 Å². The van der Waals surface area contributed by atoms with Crippen molar-refractivity contribution in [2.75, 3.05) is 18.2 Å². The zero-order chi connectivity index (χ0) is 17.4. The molecule has 2 aromatic carbocycles. The maximum atomic E-state index is 5.84. The molecule has 1 aliphatic rings. The zero-order valence-electron chi connectivity index (χ0n) is 13.7. The number of fused-ring (bicyclic) bond motifs is 1. The van der Waals surface area contributed by atoms with Crippen LogP contribution in [0.4, 0.5) is 11.9 Å². The minimum Gasteiger partial charge on any atom is -0.497 e. The molecule has 0 aliphatic carbocycles. The van der Waals surface area contributed by atoms with Gasteiger partial charge in [-0.25, -0.2) is 4.68 Å². The van der Waals surface area contributed by atoms with Crippen molar-refractivity contribution in [3.8, 4) is 5.75 Å². The highest BCUT2D eigenvalue weighted by atomic mass is 79.9. The van der Waals surface area contributed by atoms with Gasteiger partial charge in [0.05, 0.1) is 19.2 Å². The number of nitrogens with two attached hydrogens (primary N) is 1. The first-order chi connectivity index (χ1) is 12.1. The van der Waals surface area contributed by atoms with Crippen molar-refractivity contribution in [1.29, 1.82) is 0 Å². The van der Waals surface area contributed by atoms with E-state index >= 15 is 0 Å². The number of nitrogens with one attached hydrogen (secondary N) is 1. The number of methoxy groups -OCH3 is 1. The molecule has 0 saturated heterocycles. The first-order valence-corrected chi connectivity index (χ1v) is 8.81. The number of aromatic nitrogens is 3. The van der Waals surface area contributed by atoms with Gasteiger partial charge in [-0.2, -0.15) is 4.98 Å². The smallest absolute Gasteiger partial charge is 0.241 e. The Morgan fingerprint density at radius 3 is 2.72 bits per heavy atom. The van der Waals surface area contributed by atoms with E-state index in [2.05, 4.69) is 55.6 Å². The summed E-state index contributed by atoms with van der Waals surface area (Å²) in [5.41, 5.74) is 8.18. The van der Waals surface area contributed by atoms with Crippen LogP contribution < -0.4 is 15.8 Å². The molecule has 0 bridgehead atoms. The highest BCUT2D eigenvalue weighted by molar-refractivity contribution is 9.10. The molecule has 0 spiro atoms. The number of hydrogen-bond donors (Lipinski definition) is 2. The molecule has 0 fully saturated rings. The standard InChI is InChI=1S/C18H18BrN5O/c1-25-14-7-5-11(6-8-14)15-10-16(12-3-2-4-13(19)9-12)24-18(21-15)22-17(20)23-24/h2-9,15-16H,10H2,1H3,(H3,20,21,22,23)/t15-,16-/m1/s1. The summed E-state index contributed by atoms with van der Waals surface area (Å²) in [5.74, 6) is 1.81. The molecule has 0 unspecified atom stereocenters. The fraction of sp³-hybridized carbons (Fsp3) is 0.222. The third-order valence-electron chi connectivity index (χ3n) is 4.46. The molecule has 2 atom stereocenters. The number of nitrogen functional groups attached to an aromatic ring is 1. The van der Waals surface area contributed by atoms with Crippen LogP contribution in [0.5, 0.6) is 5.75 Å². The second-order valence-corrected chi connectivity index (χ2v) is 6.93. The summed E-state index contributed by atoms with van der Waals surface area (Å²) in [6, 6.07) is 16.5. The quantitative estimate of drug-likeness (QED) is 0.700. The van der Waals surface area contributed by atoms with Gasteiger partial charge in [-0.15, -0.1) is 5.10 Å². The lowest BCUT2D eigenvalue weighted by Crippen LogP contribution is -2.28. The van der Waals surface area contributed by atoms with Gasteiger partial charge in [0, 0.05) is 4.47 Å². The molecule has 0 radical (unpaired) electrons. The van der Waals surface area contributed by atoms with Crippen molar-refractivity contribution >= 4 is 27.8 Å². The van der Waals surface area contributed by atoms with Gasteiger partial charge in [0.2, 0.25) is 11.9 Å². The Bertz CT molecular complexity index is 893. The van der Waals surface area contributed by atoms with Gasteiger partial charge in [0.25, 0.3) is 0 Å². The third-order valence-corrected chi connectivity index (χ3v) is 4.95. The van der Waals surface area contributed by atoms with Crippen LogP contribution >= 0.6 is 15.9 Å². The molecule has 128 valence electrons. The SMILES string of the molecule is COc1ccc([C@H]2C[C@H](c3cccc(Br)c3)n3nc(N)nc3N2)cc1. The first-order valence-electron chi connectivity index (χ1n) is 8.02. The average molecular weight is 400 g/mol. The van der Waals surface area contributed by atoms with Crippen LogP contribution in [0.2, 0.25) is 0 Å².